The minimum absolute atomic E-state index is 0.00237. The molecule has 0 heterocycles. The molecule has 23 heavy (non-hydrogen) atoms. The molecule has 0 fully saturated rings. The Bertz CT molecular complexity index is 815. The molecule has 2 rings (SSSR count). The zero-order chi connectivity index (χ0) is 16.9. The molecule has 0 aliphatic carbocycles. The summed E-state index contributed by atoms with van der Waals surface area (Å²) < 4.78 is 22.4. The van der Waals surface area contributed by atoms with Crippen molar-refractivity contribution in [2.45, 2.75) is 9.79 Å². The molecule has 5 nitrogen and oxygen atoms in total. The Morgan fingerprint density at radius 1 is 1.17 bits per heavy atom. The molecular weight excluding hydrogens is 332 g/mol. The maximum atomic E-state index is 12.4. The van der Waals surface area contributed by atoms with E-state index in [1.165, 1.54) is 36.0 Å². The van der Waals surface area contributed by atoms with Crippen molar-refractivity contribution in [1.82, 2.24) is 0 Å². The van der Waals surface area contributed by atoms with Crippen LogP contribution in [0.25, 0.3) is 0 Å². The lowest BCUT2D eigenvalue weighted by molar-refractivity contribution is 0.102. The number of nitrogens with one attached hydrogen (secondary N) is 1. The number of nitrogens with two attached hydrogens (primary N) is 1. The van der Waals surface area contributed by atoms with Crippen LogP contribution in [0.1, 0.15) is 10.4 Å². The maximum Gasteiger partial charge on any atom is 0.256 e. The standard InChI is InChI=1S/C16H16N2O3S2/c1-2-11-22-15-6-4-3-5-14(15)16(19)18-12-7-9-13(10-8-12)23(17,20)21/h2-10H,1,11H2,(H,18,19)(H2,17,20,21). The highest BCUT2D eigenvalue weighted by Crippen LogP contribution is 2.23. The third kappa shape index (κ3) is 4.69. The van der Waals surface area contributed by atoms with Crippen LogP contribution in [0.4, 0.5) is 5.69 Å². The van der Waals surface area contributed by atoms with Crippen LogP contribution < -0.4 is 10.5 Å². The van der Waals surface area contributed by atoms with Crippen molar-refractivity contribution in [3.05, 3.63) is 66.7 Å². The minimum atomic E-state index is -3.74. The van der Waals surface area contributed by atoms with Gasteiger partial charge in [0.25, 0.3) is 5.91 Å². The lowest BCUT2D eigenvalue weighted by Gasteiger charge is -2.09. The van der Waals surface area contributed by atoms with Crippen molar-refractivity contribution in [1.29, 1.82) is 0 Å². The Balaban J connectivity index is 2.18. The largest absolute Gasteiger partial charge is 0.322 e. The highest BCUT2D eigenvalue weighted by molar-refractivity contribution is 7.99. The van der Waals surface area contributed by atoms with Crippen LogP contribution in [0.5, 0.6) is 0 Å². The first kappa shape index (κ1) is 17.3. The number of carbonyl (C=O) groups excluding carboxylic acids is 1. The van der Waals surface area contributed by atoms with Crippen LogP contribution in [0.2, 0.25) is 0 Å². The van der Waals surface area contributed by atoms with E-state index >= 15 is 0 Å². The fourth-order valence-electron chi connectivity index (χ4n) is 1.86. The van der Waals surface area contributed by atoms with E-state index in [-0.39, 0.29) is 10.8 Å². The number of primary sulfonamides is 1. The summed E-state index contributed by atoms with van der Waals surface area (Å²) in [5, 5.41) is 7.78. The summed E-state index contributed by atoms with van der Waals surface area (Å²) in [7, 11) is -3.74. The number of amides is 1. The molecule has 0 spiro atoms. The molecule has 2 aromatic carbocycles. The van der Waals surface area contributed by atoms with Crippen LogP contribution in [-0.2, 0) is 10.0 Å². The van der Waals surface area contributed by atoms with Gasteiger partial charge in [0.05, 0.1) is 10.5 Å². The number of hydrogen-bond acceptors (Lipinski definition) is 4. The second-order valence-electron chi connectivity index (χ2n) is 4.62. The van der Waals surface area contributed by atoms with Crippen LogP contribution in [0.15, 0.2) is 71.0 Å². The van der Waals surface area contributed by atoms with Crippen molar-refractivity contribution in [2.24, 2.45) is 5.14 Å². The molecule has 0 aliphatic heterocycles. The van der Waals surface area contributed by atoms with E-state index in [1.54, 1.807) is 18.2 Å². The molecule has 120 valence electrons. The quantitative estimate of drug-likeness (QED) is 0.620. The number of rotatable bonds is 6. The Morgan fingerprint density at radius 2 is 1.83 bits per heavy atom. The number of carbonyl (C=O) groups is 1. The molecule has 7 heteroatoms. The molecule has 0 aromatic heterocycles. The summed E-state index contributed by atoms with van der Waals surface area (Å²) in [4.78, 5) is 13.2. The molecule has 0 saturated carbocycles. The van der Waals surface area contributed by atoms with Gasteiger partial charge in [0.2, 0.25) is 10.0 Å². The Labute approximate surface area is 139 Å². The first-order valence-electron chi connectivity index (χ1n) is 6.69. The molecular formula is C16H16N2O3S2. The van der Waals surface area contributed by atoms with Gasteiger partial charge in [-0.05, 0) is 36.4 Å². The summed E-state index contributed by atoms with van der Waals surface area (Å²) in [5.74, 6) is 0.438. The summed E-state index contributed by atoms with van der Waals surface area (Å²) >= 11 is 1.52. The fourth-order valence-corrected chi connectivity index (χ4v) is 3.16. The SMILES string of the molecule is C=CCSc1ccccc1C(=O)Nc1ccc(S(N)(=O)=O)cc1. The van der Waals surface area contributed by atoms with E-state index in [9.17, 15) is 13.2 Å². The van der Waals surface area contributed by atoms with Gasteiger partial charge < -0.3 is 5.32 Å². The van der Waals surface area contributed by atoms with Gasteiger partial charge in [0.15, 0.2) is 0 Å². The van der Waals surface area contributed by atoms with Gasteiger partial charge in [-0.2, -0.15) is 0 Å². The Hall–Kier alpha value is -2.09. The molecule has 2 aromatic rings. The second-order valence-corrected chi connectivity index (χ2v) is 7.24. The maximum absolute atomic E-state index is 12.4. The van der Waals surface area contributed by atoms with Gasteiger partial charge in [-0.25, -0.2) is 13.6 Å². The average Bonchev–Trinajstić information content (AvgIpc) is 2.53. The van der Waals surface area contributed by atoms with Crippen LogP contribution in [0, 0.1) is 0 Å². The average molecular weight is 348 g/mol. The number of thioether (sulfide) groups is 1. The van der Waals surface area contributed by atoms with Gasteiger partial charge in [0.1, 0.15) is 0 Å². The highest BCUT2D eigenvalue weighted by atomic mass is 32.2. The topological polar surface area (TPSA) is 89.3 Å². The van der Waals surface area contributed by atoms with E-state index in [2.05, 4.69) is 11.9 Å². The van der Waals surface area contributed by atoms with E-state index in [1.807, 2.05) is 12.1 Å². The summed E-state index contributed by atoms with van der Waals surface area (Å²) in [6, 6.07) is 13.0. The number of sulfonamides is 1. The Morgan fingerprint density at radius 3 is 2.43 bits per heavy atom. The van der Waals surface area contributed by atoms with E-state index in [0.717, 1.165) is 4.90 Å². The van der Waals surface area contributed by atoms with Gasteiger partial charge >= 0.3 is 0 Å². The monoisotopic (exact) mass is 348 g/mol. The zero-order valence-corrected chi connectivity index (χ0v) is 13.9. The molecule has 0 atom stereocenters. The third-order valence-electron chi connectivity index (χ3n) is 2.93. The molecule has 0 bridgehead atoms. The number of benzene rings is 2. The predicted octanol–water partition coefficient (Wildman–Crippen LogP) is 2.86. The van der Waals surface area contributed by atoms with E-state index in [0.29, 0.717) is 17.0 Å². The van der Waals surface area contributed by atoms with Crippen molar-refractivity contribution in [3.63, 3.8) is 0 Å². The third-order valence-corrected chi connectivity index (χ3v) is 4.93. The van der Waals surface area contributed by atoms with Gasteiger partial charge in [-0.3, -0.25) is 4.79 Å². The van der Waals surface area contributed by atoms with Crippen LogP contribution >= 0.6 is 11.8 Å². The zero-order valence-electron chi connectivity index (χ0n) is 12.2. The predicted molar refractivity (Wildman–Crippen MR) is 93.1 cm³/mol. The van der Waals surface area contributed by atoms with Gasteiger partial charge in [-0.15, -0.1) is 18.3 Å². The van der Waals surface area contributed by atoms with Gasteiger partial charge in [-0.1, -0.05) is 18.2 Å². The Kier molecular flexibility index (Phi) is 5.59. The lowest BCUT2D eigenvalue weighted by Crippen LogP contribution is -2.14. The van der Waals surface area contributed by atoms with E-state index in [4.69, 9.17) is 5.14 Å². The fraction of sp³-hybridized carbons (Fsp3) is 0.0625. The lowest BCUT2D eigenvalue weighted by atomic mass is 10.2. The number of anilines is 1. The van der Waals surface area contributed by atoms with Crippen molar-refractivity contribution < 1.29 is 13.2 Å². The highest BCUT2D eigenvalue weighted by Gasteiger charge is 2.12. The molecule has 0 aliphatic rings. The van der Waals surface area contributed by atoms with Crippen LogP contribution in [0.3, 0.4) is 0 Å². The van der Waals surface area contributed by atoms with Crippen molar-refractivity contribution in [2.75, 3.05) is 11.1 Å². The second kappa shape index (κ2) is 7.45. The van der Waals surface area contributed by atoms with Crippen molar-refractivity contribution in [3.8, 4) is 0 Å². The molecule has 0 radical (unpaired) electrons. The van der Waals surface area contributed by atoms with Crippen molar-refractivity contribution >= 4 is 33.4 Å². The van der Waals surface area contributed by atoms with Crippen LogP contribution in [-0.4, -0.2) is 20.1 Å². The summed E-state index contributed by atoms with van der Waals surface area (Å²) in [6.07, 6.45) is 1.77. The molecule has 0 unspecified atom stereocenters. The van der Waals surface area contributed by atoms with E-state index < -0.39 is 10.0 Å². The number of hydrogen-bond donors (Lipinski definition) is 2. The first-order chi connectivity index (χ1) is 10.9. The summed E-state index contributed by atoms with van der Waals surface area (Å²) in [5.41, 5.74) is 1.04. The normalized spacial score (nSPS) is 11.0. The summed E-state index contributed by atoms with van der Waals surface area (Å²) in [6.45, 7) is 3.67. The molecule has 0 saturated heterocycles. The smallest absolute Gasteiger partial charge is 0.256 e. The minimum Gasteiger partial charge on any atom is -0.322 e. The van der Waals surface area contributed by atoms with Gasteiger partial charge in [0, 0.05) is 16.3 Å². The molecule has 3 N–H and O–H groups in total. The molecule has 1 amide bonds. The first-order valence-corrected chi connectivity index (χ1v) is 9.22.